The van der Waals surface area contributed by atoms with Gasteiger partial charge in [0.05, 0.1) is 34.7 Å². The van der Waals surface area contributed by atoms with Gasteiger partial charge in [-0.15, -0.1) is 16.9 Å². The van der Waals surface area contributed by atoms with Crippen LogP contribution >= 0.6 is 11.8 Å². The summed E-state index contributed by atoms with van der Waals surface area (Å²) >= 11 is 1.61. The average Bonchev–Trinajstić information content (AvgIpc) is 3.81. The van der Waals surface area contributed by atoms with E-state index >= 15 is 0 Å². The Bertz CT molecular complexity index is 1680. The van der Waals surface area contributed by atoms with Crippen LogP contribution in [0.4, 0.5) is 0 Å². The summed E-state index contributed by atoms with van der Waals surface area (Å²) in [7, 11) is 0. The lowest BCUT2D eigenvalue weighted by Crippen LogP contribution is -2.57. The number of fused-ring (bicyclic) bond motifs is 2. The monoisotopic (exact) mass is 610 g/mol. The van der Waals surface area contributed by atoms with Gasteiger partial charge in [-0.05, 0) is 42.5 Å². The van der Waals surface area contributed by atoms with Gasteiger partial charge < -0.3 is 20.6 Å². The molecule has 0 aliphatic carbocycles. The van der Waals surface area contributed by atoms with Crippen molar-refractivity contribution in [3.8, 4) is 0 Å². The van der Waals surface area contributed by atoms with Crippen molar-refractivity contribution in [1.29, 1.82) is 0 Å². The summed E-state index contributed by atoms with van der Waals surface area (Å²) in [5, 5.41) is 25.1. The molecule has 0 saturated carbocycles. The van der Waals surface area contributed by atoms with E-state index in [1.54, 1.807) is 21.3 Å². The minimum absolute atomic E-state index is 0.0573. The van der Waals surface area contributed by atoms with Crippen molar-refractivity contribution in [3.05, 3.63) is 96.1 Å². The molecule has 10 nitrogen and oxygen atoms in total. The number of benzene rings is 3. The van der Waals surface area contributed by atoms with Crippen LogP contribution < -0.4 is 10.6 Å². The molecule has 0 radical (unpaired) electrons. The summed E-state index contributed by atoms with van der Waals surface area (Å²) in [4.78, 5) is 44.1. The molecule has 44 heavy (non-hydrogen) atoms. The van der Waals surface area contributed by atoms with E-state index in [1.807, 2.05) is 84.9 Å². The van der Waals surface area contributed by atoms with Gasteiger partial charge in [-0.2, -0.15) is 0 Å². The highest BCUT2D eigenvalue weighted by molar-refractivity contribution is 8.02. The number of aromatic nitrogens is 3. The Morgan fingerprint density at radius 2 is 1.66 bits per heavy atom. The third-order valence-corrected chi connectivity index (χ3v) is 11.3. The molecule has 11 heteroatoms. The van der Waals surface area contributed by atoms with Crippen molar-refractivity contribution in [2.45, 2.75) is 54.6 Å². The maximum absolute atomic E-state index is 14.5. The number of aliphatic hydroxyl groups is 1. The maximum atomic E-state index is 14.5. The molecule has 2 bridgehead atoms. The molecule has 1 aromatic heterocycles. The molecule has 3 aromatic carbocycles. The minimum atomic E-state index is -0.849. The van der Waals surface area contributed by atoms with Crippen molar-refractivity contribution in [2.24, 2.45) is 11.8 Å². The van der Waals surface area contributed by atoms with Crippen LogP contribution in [0.1, 0.15) is 24.0 Å². The van der Waals surface area contributed by atoms with Crippen molar-refractivity contribution in [3.63, 3.8) is 0 Å². The molecular formula is C33H34N6O4S. The van der Waals surface area contributed by atoms with Crippen LogP contribution in [0.3, 0.4) is 0 Å². The Hall–Kier alpha value is -4.22. The lowest BCUT2D eigenvalue weighted by Gasteiger charge is -2.37. The van der Waals surface area contributed by atoms with Crippen molar-refractivity contribution in [1.82, 2.24) is 30.5 Å². The SMILES string of the molecule is O=C(NCn1nnc2ccccc21)C1N([C@@H](CO)Cc2ccccc2)C(=O)[C@@H]2[C@H](C(=O)NCc3ccccc3)[C@@H]3CCC12S3. The van der Waals surface area contributed by atoms with E-state index in [0.717, 1.165) is 28.6 Å². The van der Waals surface area contributed by atoms with E-state index in [4.69, 9.17) is 0 Å². The zero-order chi connectivity index (χ0) is 30.3. The number of amides is 3. The summed E-state index contributed by atoms with van der Waals surface area (Å²) in [6, 6.07) is 25.4. The normalized spacial score (nSPS) is 26.1. The molecule has 3 aliphatic heterocycles. The molecule has 4 aromatic rings. The number of likely N-dealkylation sites (tertiary alicyclic amines) is 1. The first-order chi connectivity index (χ1) is 21.5. The molecular weight excluding hydrogens is 576 g/mol. The van der Waals surface area contributed by atoms with Crippen LogP contribution in [0.25, 0.3) is 11.0 Å². The number of para-hydroxylation sites is 1. The molecule has 6 atom stereocenters. The maximum Gasteiger partial charge on any atom is 0.245 e. The second-order valence-corrected chi connectivity index (χ2v) is 13.4. The van der Waals surface area contributed by atoms with Crippen molar-refractivity contribution >= 4 is 40.5 Å². The minimum Gasteiger partial charge on any atom is -0.394 e. The van der Waals surface area contributed by atoms with Gasteiger partial charge in [0.1, 0.15) is 18.2 Å². The van der Waals surface area contributed by atoms with Gasteiger partial charge in [-0.1, -0.05) is 78.0 Å². The third kappa shape index (κ3) is 4.84. The van der Waals surface area contributed by atoms with Gasteiger partial charge in [-0.3, -0.25) is 14.4 Å². The summed E-state index contributed by atoms with van der Waals surface area (Å²) in [5.74, 6) is -1.92. The van der Waals surface area contributed by atoms with Gasteiger partial charge in [0.2, 0.25) is 17.7 Å². The fourth-order valence-corrected chi connectivity index (χ4v) is 9.61. The Labute approximate surface area is 259 Å². The van der Waals surface area contributed by atoms with Gasteiger partial charge >= 0.3 is 0 Å². The quantitative estimate of drug-likeness (QED) is 0.252. The highest BCUT2D eigenvalue weighted by Gasteiger charge is 2.74. The number of rotatable bonds is 10. The molecule has 1 spiro atoms. The van der Waals surface area contributed by atoms with Crippen molar-refractivity contribution < 1.29 is 19.5 Å². The van der Waals surface area contributed by atoms with E-state index < -0.39 is 28.7 Å². The summed E-state index contributed by atoms with van der Waals surface area (Å²) in [5.41, 5.74) is 3.44. The summed E-state index contributed by atoms with van der Waals surface area (Å²) in [6.45, 7) is 0.143. The fourth-order valence-electron chi connectivity index (χ4n) is 7.41. The molecule has 3 amide bonds. The predicted molar refractivity (Wildman–Crippen MR) is 166 cm³/mol. The Morgan fingerprint density at radius 3 is 2.41 bits per heavy atom. The average molecular weight is 611 g/mol. The van der Waals surface area contributed by atoms with E-state index in [0.29, 0.717) is 19.4 Å². The van der Waals surface area contributed by atoms with E-state index in [1.165, 1.54) is 0 Å². The summed E-state index contributed by atoms with van der Waals surface area (Å²) < 4.78 is 0.852. The largest absolute Gasteiger partial charge is 0.394 e. The smallest absolute Gasteiger partial charge is 0.245 e. The number of hydrogen-bond donors (Lipinski definition) is 3. The number of carbonyl (C=O) groups excluding carboxylic acids is 3. The molecule has 3 N–H and O–H groups in total. The predicted octanol–water partition coefficient (Wildman–Crippen LogP) is 2.52. The standard InChI is InChI=1S/C33H34N6O4S/c40-19-23(17-21-9-3-1-4-10-21)39-29(31(42)35-20-38-25-14-8-7-13-24(25)36-37-38)33-16-15-26(44-33)27(28(33)32(39)43)30(41)34-18-22-11-5-2-6-12-22/h1-14,23,26-29,40H,15-20H2,(H,34,41)(H,35,42)/t23-,26+,27-,28+,29?,33?/m1/s1. The highest BCUT2D eigenvalue weighted by atomic mass is 32.2. The number of aliphatic hydroxyl groups excluding tert-OH is 1. The molecule has 4 heterocycles. The number of nitrogens with one attached hydrogen (secondary N) is 2. The van der Waals surface area contributed by atoms with Gasteiger partial charge in [0.15, 0.2) is 0 Å². The first kappa shape index (κ1) is 28.5. The Morgan fingerprint density at radius 1 is 0.955 bits per heavy atom. The number of thioether (sulfide) groups is 1. The topological polar surface area (TPSA) is 129 Å². The van der Waals surface area contributed by atoms with E-state index in [9.17, 15) is 19.5 Å². The number of nitrogens with zero attached hydrogens (tertiary/aromatic N) is 4. The molecule has 3 fully saturated rings. The van der Waals surface area contributed by atoms with Gasteiger partial charge in [-0.25, -0.2) is 4.68 Å². The van der Waals surface area contributed by atoms with Gasteiger partial charge in [0, 0.05) is 11.8 Å². The first-order valence-electron chi connectivity index (χ1n) is 15.0. The summed E-state index contributed by atoms with van der Waals surface area (Å²) in [6.07, 6.45) is 1.78. The van der Waals surface area contributed by atoms with Crippen LogP contribution in [0.5, 0.6) is 0 Å². The molecule has 3 saturated heterocycles. The van der Waals surface area contributed by atoms with Gasteiger partial charge in [0.25, 0.3) is 0 Å². The second-order valence-electron chi connectivity index (χ2n) is 11.8. The number of carbonyl (C=O) groups is 3. The van der Waals surface area contributed by atoms with Crippen LogP contribution in [0.2, 0.25) is 0 Å². The fraction of sp³-hybridized carbons (Fsp3) is 0.364. The number of hydrogen-bond acceptors (Lipinski definition) is 7. The van der Waals surface area contributed by atoms with Crippen molar-refractivity contribution in [2.75, 3.05) is 6.61 Å². The molecule has 3 aliphatic rings. The molecule has 226 valence electrons. The van der Waals surface area contributed by atoms with Crippen LogP contribution in [0.15, 0.2) is 84.9 Å². The Balaban J connectivity index is 1.19. The second kappa shape index (κ2) is 11.7. The lowest BCUT2D eigenvalue weighted by molar-refractivity contribution is -0.142. The van der Waals surface area contributed by atoms with E-state index in [-0.39, 0.29) is 36.2 Å². The third-order valence-electron chi connectivity index (χ3n) is 9.34. The zero-order valence-corrected chi connectivity index (χ0v) is 24.9. The molecule has 7 rings (SSSR count). The molecule has 2 unspecified atom stereocenters. The lowest BCUT2D eigenvalue weighted by atomic mass is 9.70. The highest BCUT2D eigenvalue weighted by Crippen LogP contribution is 2.66. The van der Waals surface area contributed by atoms with Crippen LogP contribution in [0, 0.1) is 11.8 Å². The zero-order valence-electron chi connectivity index (χ0n) is 24.1. The van der Waals surface area contributed by atoms with Crippen LogP contribution in [-0.2, 0) is 34.0 Å². The van der Waals surface area contributed by atoms with E-state index in [2.05, 4.69) is 20.9 Å². The Kier molecular flexibility index (Phi) is 7.59. The first-order valence-corrected chi connectivity index (χ1v) is 15.9. The van der Waals surface area contributed by atoms with Crippen LogP contribution in [-0.4, -0.2) is 71.4 Å².